The van der Waals surface area contributed by atoms with Crippen LogP contribution in [-0.4, -0.2) is 23.6 Å². The van der Waals surface area contributed by atoms with Crippen molar-refractivity contribution in [2.24, 2.45) is 0 Å². The molecule has 1 saturated heterocycles. The van der Waals surface area contributed by atoms with Crippen LogP contribution in [0, 0.1) is 0 Å². The number of nitrogens with one attached hydrogen (secondary N) is 1. The summed E-state index contributed by atoms with van der Waals surface area (Å²) in [4.78, 5) is 11.5. The largest absolute Gasteiger partial charge is 0.409 e. The first-order chi connectivity index (χ1) is 11.4. The highest BCUT2D eigenvalue weighted by Crippen LogP contribution is 2.42. The number of benzene rings is 2. The summed E-state index contributed by atoms with van der Waals surface area (Å²) in [7, 11) is 0. The summed E-state index contributed by atoms with van der Waals surface area (Å²) in [5, 5.41) is 2.39. The van der Waals surface area contributed by atoms with Gasteiger partial charge in [0.2, 0.25) is 5.91 Å². The number of alkyl halides is 3. The van der Waals surface area contributed by atoms with Gasteiger partial charge < -0.3 is 0 Å². The molecule has 3 nitrogen and oxygen atoms in total. The van der Waals surface area contributed by atoms with Crippen LogP contribution in [0.1, 0.15) is 36.9 Å². The second-order valence-corrected chi connectivity index (χ2v) is 6.03. The molecule has 0 aromatic heterocycles. The monoisotopic (exact) mass is 336 g/mol. The number of fused-ring (bicyclic) bond motifs is 1. The Balaban J connectivity index is 2.22. The van der Waals surface area contributed by atoms with Crippen LogP contribution in [0.3, 0.4) is 0 Å². The van der Waals surface area contributed by atoms with Crippen LogP contribution in [0.15, 0.2) is 36.4 Å². The lowest BCUT2D eigenvalue weighted by Crippen LogP contribution is -2.44. The fourth-order valence-corrected chi connectivity index (χ4v) is 3.33. The Morgan fingerprint density at radius 1 is 1.21 bits per heavy atom. The van der Waals surface area contributed by atoms with Gasteiger partial charge in [-0.1, -0.05) is 49.7 Å². The number of amides is 1. The fraction of sp³-hybridized carbons (Fsp3) is 0.389. The van der Waals surface area contributed by atoms with E-state index in [2.05, 4.69) is 5.43 Å². The summed E-state index contributed by atoms with van der Waals surface area (Å²) < 4.78 is 41.8. The molecule has 0 saturated carbocycles. The lowest BCUT2D eigenvalue weighted by molar-refractivity contribution is -0.190. The summed E-state index contributed by atoms with van der Waals surface area (Å²) in [6.07, 6.45) is -3.08. The molecular weight excluding hydrogens is 317 g/mol. The third kappa shape index (κ3) is 3.11. The normalized spacial score (nSPS) is 17.2. The number of hydrogen-bond acceptors (Lipinski definition) is 2. The molecule has 1 aliphatic heterocycles. The van der Waals surface area contributed by atoms with E-state index in [4.69, 9.17) is 0 Å². The van der Waals surface area contributed by atoms with Gasteiger partial charge in [0.05, 0.1) is 0 Å². The van der Waals surface area contributed by atoms with E-state index in [-0.39, 0.29) is 24.4 Å². The number of nitrogens with zero attached hydrogens (tertiary/aromatic N) is 1. The van der Waals surface area contributed by atoms with E-state index in [0.717, 1.165) is 16.8 Å². The van der Waals surface area contributed by atoms with Gasteiger partial charge in [0.1, 0.15) is 0 Å². The summed E-state index contributed by atoms with van der Waals surface area (Å²) >= 11 is 0. The van der Waals surface area contributed by atoms with Gasteiger partial charge in [0.15, 0.2) is 6.04 Å². The number of aryl methyl sites for hydroxylation is 1. The van der Waals surface area contributed by atoms with Gasteiger partial charge >= 0.3 is 6.18 Å². The summed E-state index contributed by atoms with van der Waals surface area (Å²) in [6, 6.07) is 8.89. The van der Waals surface area contributed by atoms with E-state index in [1.54, 1.807) is 18.2 Å². The van der Waals surface area contributed by atoms with Gasteiger partial charge in [0, 0.05) is 13.0 Å². The molecule has 0 bridgehead atoms. The SMILES string of the molecule is CCCc1ccc2ccccc2c1[C@H](N1CCC(=O)N1)C(F)(F)F. The molecule has 128 valence electrons. The van der Waals surface area contributed by atoms with Gasteiger partial charge in [-0.3, -0.25) is 10.2 Å². The molecule has 0 radical (unpaired) electrons. The van der Waals surface area contributed by atoms with Crippen molar-refractivity contribution in [2.75, 3.05) is 6.54 Å². The van der Waals surface area contributed by atoms with Crippen LogP contribution in [0.4, 0.5) is 13.2 Å². The summed E-state index contributed by atoms with van der Waals surface area (Å²) in [5.74, 6) is -0.374. The Labute approximate surface area is 138 Å². The molecule has 3 rings (SSSR count). The number of carbonyl (C=O) groups excluding carboxylic acids is 1. The zero-order chi connectivity index (χ0) is 17.3. The van der Waals surface area contributed by atoms with Crippen LogP contribution in [0.25, 0.3) is 10.8 Å². The van der Waals surface area contributed by atoms with Crippen molar-refractivity contribution in [1.82, 2.24) is 10.4 Å². The Kier molecular flexibility index (Phi) is 4.49. The topological polar surface area (TPSA) is 32.3 Å². The van der Waals surface area contributed by atoms with Gasteiger partial charge in [0.25, 0.3) is 0 Å². The average molecular weight is 336 g/mol. The highest BCUT2D eigenvalue weighted by molar-refractivity contribution is 5.87. The number of hydrazine groups is 1. The van der Waals surface area contributed by atoms with Gasteiger partial charge in [-0.2, -0.15) is 13.2 Å². The molecule has 0 unspecified atom stereocenters. The van der Waals surface area contributed by atoms with Crippen LogP contribution >= 0.6 is 0 Å². The van der Waals surface area contributed by atoms with Crippen molar-refractivity contribution in [3.8, 4) is 0 Å². The fourth-order valence-electron chi connectivity index (χ4n) is 3.33. The zero-order valence-electron chi connectivity index (χ0n) is 13.4. The first-order valence-corrected chi connectivity index (χ1v) is 8.05. The van der Waals surface area contributed by atoms with Gasteiger partial charge in [-0.15, -0.1) is 0 Å². The molecule has 24 heavy (non-hydrogen) atoms. The second kappa shape index (κ2) is 6.43. The predicted molar refractivity (Wildman–Crippen MR) is 86.2 cm³/mol. The van der Waals surface area contributed by atoms with Crippen molar-refractivity contribution < 1.29 is 18.0 Å². The first-order valence-electron chi connectivity index (χ1n) is 8.05. The van der Waals surface area contributed by atoms with Crippen molar-refractivity contribution in [1.29, 1.82) is 0 Å². The van der Waals surface area contributed by atoms with Crippen LogP contribution in [0.2, 0.25) is 0 Å². The van der Waals surface area contributed by atoms with E-state index in [0.29, 0.717) is 17.4 Å². The summed E-state index contributed by atoms with van der Waals surface area (Å²) in [5.41, 5.74) is 3.30. The van der Waals surface area contributed by atoms with E-state index >= 15 is 0 Å². The second-order valence-electron chi connectivity index (χ2n) is 6.03. The third-order valence-corrected chi connectivity index (χ3v) is 4.32. The lowest BCUT2D eigenvalue weighted by atomic mass is 9.90. The van der Waals surface area contributed by atoms with Gasteiger partial charge in [-0.25, -0.2) is 5.01 Å². The minimum absolute atomic E-state index is 0.0534. The molecule has 1 fully saturated rings. The maximum atomic E-state index is 13.9. The zero-order valence-corrected chi connectivity index (χ0v) is 13.4. The highest BCUT2D eigenvalue weighted by Gasteiger charge is 2.48. The first kappa shape index (κ1) is 16.8. The molecule has 1 N–H and O–H groups in total. The number of hydrogen-bond donors (Lipinski definition) is 1. The number of carbonyl (C=O) groups is 1. The van der Waals surface area contributed by atoms with Crippen molar-refractivity contribution >= 4 is 16.7 Å². The molecule has 1 amide bonds. The minimum Gasteiger partial charge on any atom is -0.288 e. The van der Waals surface area contributed by atoms with Crippen molar-refractivity contribution in [3.63, 3.8) is 0 Å². The number of halogens is 3. The Hall–Kier alpha value is -2.08. The van der Waals surface area contributed by atoms with E-state index in [1.165, 1.54) is 0 Å². The quantitative estimate of drug-likeness (QED) is 0.910. The Morgan fingerprint density at radius 3 is 2.58 bits per heavy atom. The molecule has 2 aromatic rings. The Morgan fingerprint density at radius 2 is 1.96 bits per heavy atom. The van der Waals surface area contributed by atoms with Gasteiger partial charge in [-0.05, 0) is 28.3 Å². The minimum atomic E-state index is -4.48. The molecule has 1 heterocycles. The van der Waals surface area contributed by atoms with Crippen LogP contribution in [0.5, 0.6) is 0 Å². The maximum absolute atomic E-state index is 13.9. The van der Waals surface area contributed by atoms with Crippen molar-refractivity contribution in [3.05, 3.63) is 47.5 Å². The predicted octanol–water partition coefficient (Wildman–Crippen LogP) is 4.13. The Bertz CT molecular complexity index is 758. The summed E-state index contributed by atoms with van der Waals surface area (Å²) in [6.45, 7) is 2.00. The molecule has 6 heteroatoms. The smallest absolute Gasteiger partial charge is 0.288 e. The van der Waals surface area contributed by atoms with Crippen LogP contribution < -0.4 is 5.43 Å². The lowest BCUT2D eigenvalue weighted by Gasteiger charge is -2.31. The molecule has 1 atom stereocenters. The molecule has 2 aromatic carbocycles. The van der Waals surface area contributed by atoms with Crippen LogP contribution in [-0.2, 0) is 11.2 Å². The average Bonchev–Trinajstić information content (AvgIpc) is 2.94. The maximum Gasteiger partial charge on any atom is 0.409 e. The van der Waals surface area contributed by atoms with E-state index in [1.807, 2.05) is 25.1 Å². The molecule has 0 aliphatic carbocycles. The molecule has 0 spiro atoms. The molecule has 1 aliphatic rings. The number of rotatable bonds is 4. The van der Waals surface area contributed by atoms with E-state index < -0.39 is 12.2 Å². The van der Waals surface area contributed by atoms with Crippen molar-refractivity contribution in [2.45, 2.75) is 38.4 Å². The highest BCUT2D eigenvalue weighted by atomic mass is 19.4. The third-order valence-electron chi connectivity index (χ3n) is 4.32. The molecular formula is C18H19F3N2O. The standard InChI is InChI=1S/C18H19F3N2O/c1-2-5-13-9-8-12-6-3-4-7-14(12)16(13)17(18(19,20)21)23-11-10-15(24)22-23/h3-4,6-9,17H,2,5,10-11H2,1H3,(H,22,24)/t17-/m0/s1. The van der Waals surface area contributed by atoms with E-state index in [9.17, 15) is 18.0 Å².